The zero-order valence-electron chi connectivity index (χ0n) is 18.9. The Morgan fingerprint density at radius 3 is 2.76 bits per heavy atom. The summed E-state index contributed by atoms with van der Waals surface area (Å²) in [4.78, 5) is 6.42. The highest BCUT2D eigenvalue weighted by atomic mass is 19.4. The first-order valence-corrected chi connectivity index (χ1v) is 11.2. The SMILES string of the molecule is C[C@H]1CCCN(Cc2cnc(CNc3cccc(Cc4nncn4C)c3)c(C(F)(F)F)c2)C1. The highest BCUT2D eigenvalue weighted by Crippen LogP contribution is 2.32. The number of piperidine rings is 1. The molecule has 0 bridgehead atoms. The molecule has 3 heterocycles. The van der Waals surface area contributed by atoms with Gasteiger partial charge in [-0.1, -0.05) is 19.1 Å². The summed E-state index contributed by atoms with van der Waals surface area (Å²) in [6.07, 6.45) is 1.60. The smallest absolute Gasteiger partial charge is 0.379 e. The molecule has 1 saturated heterocycles. The lowest BCUT2D eigenvalue weighted by molar-refractivity contribution is -0.138. The van der Waals surface area contributed by atoms with Crippen molar-refractivity contribution in [3.8, 4) is 0 Å². The maximum Gasteiger partial charge on any atom is 0.418 e. The van der Waals surface area contributed by atoms with E-state index in [0.29, 0.717) is 24.4 Å². The molecular weight excluding hydrogens is 429 g/mol. The van der Waals surface area contributed by atoms with Crippen molar-refractivity contribution in [1.82, 2.24) is 24.6 Å². The van der Waals surface area contributed by atoms with Crippen LogP contribution in [0.3, 0.4) is 0 Å². The Balaban J connectivity index is 1.46. The summed E-state index contributed by atoms with van der Waals surface area (Å²) in [7, 11) is 1.87. The van der Waals surface area contributed by atoms with Crippen LogP contribution in [-0.4, -0.2) is 37.7 Å². The predicted molar refractivity (Wildman–Crippen MR) is 120 cm³/mol. The molecule has 0 radical (unpaired) electrons. The molecule has 2 aromatic heterocycles. The van der Waals surface area contributed by atoms with Crippen LogP contribution in [0.5, 0.6) is 0 Å². The Bertz CT molecular complexity index is 1080. The third kappa shape index (κ3) is 6.10. The van der Waals surface area contributed by atoms with Crippen LogP contribution in [0, 0.1) is 5.92 Å². The number of hydrogen-bond donors (Lipinski definition) is 1. The third-order valence-electron chi connectivity index (χ3n) is 6.03. The Morgan fingerprint density at radius 1 is 1.18 bits per heavy atom. The number of anilines is 1. The van der Waals surface area contributed by atoms with Gasteiger partial charge in [-0.3, -0.25) is 9.88 Å². The Labute approximate surface area is 191 Å². The maximum absolute atomic E-state index is 13.8. The summed E-state index contributed by atoms with van der Waals surface area (Å²) >= 11 is 0. The topological polar surface area (TPSA) is 58.9 Å². The van der Waals surface area contributed by atoms with Crippen LogP contribution in [-0.2, 0) is 32.7 Å². The third-order valence-corrected chi connectivity index (χ3v) is 6.03. The molecule has 1 aromatic carbocycles. The molecule has 0 spiro atoms. The minimum absolute atomic E-state index is 0.00281. The number of nitrogens with zero attached hydrogens (tertiary/aromatic N) is 5. The summed E-state index contributed by atoms with van der Waals surface area (Å²) in [5.74, 6) is 1.38. The zero-order valence-corrected chi connectivity index (χ0v) is 18.9. The van der Waals surface area contributed by atoms with E-state index >= 15 is 0 Å². The van der Waals surface area contributed by atoms with Crippen LogP contribution < -0.4 is 5.32 Å². The van der Waals surface area contributed by atoms with Gasteiger partial charge in [-0.2, -0.15) is 13.2 Å². The number of halogens is 3. The summed E-state index contributed by atoms with van der Waals surface area (Å²) in [5, 5.41) is 11.1. The van der Waals surface area contributed by atoms with Gasteiger partial charge in [0.2, 0.25) is 0 Å². The monoisotopic (exact) mass is 458 g/mol. The van der Waals surface area contributed by atoms with Gasteiger partial charge in [0.1, 0.15) is 12.2 Å². The minimum atomic E-state index is -4.46. The van der Waals surface area contributed by atoms with E-state index in [1.807, 2.05) is 35.9 Å². The van der Waals surface area contributed by atoms with Crippen LogP contribution in [0.4, 0.5) is 18.9 Å². The fourth-order valence-corrected chi connectivity index (χ4v) is 4.32. The lowest BCUT2D eigenvalue weighted by Gasteiger charge is -2.31. The molecular formula is C24H29F3N6. The van der Waals surface area contributed by atoms with E-state index < -0.39 is 11.7 Å². The number of aryl methyl sites for hydroxylation is 1. The van der Waals surface area contributed by atoms with Gasteiger partial charge in [0.25, 0.3) is 0 Å². The maximum atomic E-state index is 13.8. The van der Waals surface area contributed by atoms with E-state index in [-0.39, 0.29) is 12.2 Å². The summed E-state index contributed by atoms with van der Waals surface area (Å²) in [6, 6.07) is 8.82. The van der Waals surface area contributed by atoms with Gasteiger partial charge in [-0.15, -0.1) is 10.2 Å². The van der Waals surface area contributed by atoms with Crippen molar-refractivity contribution >= 4 is 5.69 Å². The van der Waals surface area contributed by atoms with Crippen molar-refractivity contribution in [2.45, 2.75) is 45.5 Å². The fourth-order valence-electron chi connectivity index (χ4n) is 4.32. The van der Waals surface area contributed by atoms with Gasteiger partial charge < -0.3 is 9.88 Å². The van der Waals surface area contributed by atoms with Crippen LogP contribution in [0.2, 0.25) is 0 Å². The summed E-state index contributed by atoms with van der Waals surface area (Å²) < 4.78 is 43.3. The molecule has 4 rings (SSSR count). The van der Waals surface area contributed by atoms with Crippen LogP contribution >= 0.6 is 0 Å². The molecule has 0 saturated carbocycles. The van der Waals surface area contributed by atoms with E-state index in [0.717, 1.165) is 36.6 Å². The number of nitrogens with one attached hydrogen (secondary N) is 1. The molecule has 0 aliphatic carbocycles. The molecule has 1 N–H and O–H groups in total. The molecule has 1 fully saturated rings. The van der Waals surface area contributed by atoms with E-state index in [1.54, 1.807) is 12.5 Å². The normalized spacial score (nSPS) is 17.3. The minimum Gasteiger partial charge on any atom is -0.379 e. The van der Waals surface area contributed by atoms with Gasteiger partial charge >= 0.3 is 6.18 Å². The summed E-state index contributed by atoms with van der Waals surface area (Å²) in [6.45, 7) is 4.50. The zero-order chi connectivity index (χ0) is 23.4. The second kappa shape index (κ2) is 9.91. The van der Waals surface area contributed by atoms with Crippen molar-refractivity contribution in [3.05, 3.63) is 71.1 Å². The average molecular weight is 459 g/mol. The van der Waals surface area contributed by atoms with Gasteiger partial charge in [-0.05, 0) is 54.6 Å². The van der Waals surface area contributed by atoms with Crippen molar-refractivity contribution in [2.75, 3.05) is 18.4 Å². The Hall–Kier alpha value is -2.94. The fraction of sp³-hybridized carbons (Fsp3) is 0.458. The van der Waals surface area contributed by atoms with Crippen molar-refractivity contribution in [1.29, 1.82) is 0 Å². The Morgan fingerprint density at radius 2 is 2.03 bits per heavy atom. The number of aromatic nitrogens is 4. The number of rotatable bonds is 7. The van der Waals surface area contributed by atoms with Gasteiger partial charge in [0, 0.05) is 38.4 Å². The molecule has 9 heteroatoms. The molecule has 1 aliphatic rings. The molecule has 33 heavy (non-hydrogen) atoms. The van der Waals surface area contributed by atoms with Crippen molar-refractivity contribution in [3.63, 3.8) is 0 Å². The van der Waals surface area contributed by atoms with Gasteiger partial charge in [-0.25, -0.2) is 0 Å². The molecule has 1 atom stereocenters. The molecule has 0 unspecified atom stereocenters. The standard InChI is InChI=1S/C24H29F3N6/c1-17-5-4-8-33(14-17)15-19-10-21(24(25,26)27)22(29-12-19)13-28-20-7-3-6-18(9-20)11-23-31-30-16-32(23)2/h3,6-7,9-10,12,16-17,28H,4-5,8,11,13-15H2,1-2H3/t17-/m0/s1. The summed E-state index contributed by atoms with van der Waals surface area (Å²) in [5.41, 5.74) is 1.65. The van der Waals surface area contributed by atoms with Gasteiger partial charge in [0.15, 0.2) is 0 Å². The highest BCUT2D eigenvalue weighted by Gasteiger charge is 2.34. The molecule has 6 nitrogen and oxygen atoms in total. The molecule has 176 valence electrons. The largest absolute Gasteiger partial charge is 0.418 e. The van der Waals surface area contributed by atoms with E-state index in [9.17, 15) is 13.2 Å². The number of benzene rings is 1. The first-order valence-electron chi connectivity index (χ1n) is 11.2. The number of pyridine rings is 1. The van der Waals surface area contributed by atoms with Crippen LogP contribution in [0.25, 0.3) is 0 Å². The van der Waals surface area contributed by atoms with Gasteiger partial charge in [0.05, 0.1) is 17.8 Å². The van der Waals surface area contributed by atoms with E-state index in [2.05, 4.69) is 32.3 Å². The Kier molecular flexibility index (Phi) is 6.97. The first-order chi connectivity index (χ1) is 15.8. The van der Waals surface area contributed by atoms with Crippen LogP contribution in [0.15, 0.2) is 42.9 Å². The quantitative estimate of drug-likeness (QED) is 0.558. The molecule has 1 aliphatic heterocycles. The predicted octanol–water partition coefficient (Wildman–Crippen LogP) is 4.66. The molecule has 3 aromatic rings. The lowest BCUT2D eigenvalue weighted by atomic mass is 9.99. The van der Waals surface area contributed by atoms with Crippen molar-refractivity contribution < 1.29 is 13.2 Å². The average Bonchev–Trinajstić information content (AvgIpc) is 3.17. The van der Waals surface area contributed by atoms with Crippen LogP contribution in [0.1, 0.15) is 48.0 Å². The molecule has 0 amide bonds. The van der Waals surface area contributed by atoms with Crippen molar-refractivity contribution in [2.24, 2.45) is 13.0 Å². The first kappa shape index (κ1) is 23.2. The number of hydrogen-bond acceptors (Lipinski definition) is 5. The second-order valence-corrected chi connectivity index (χ2v) is 8.91. The highest BCUT2D eigenvalue weighted by molar-refractivity contribution is 5.47. The second-order valence-electron chi connectivity index (χ2n) is 8.91. The number of likely N-dealkylation sites (tertiary alicyclic amines) is 1. The number of alkyl halides is 3. The van der Waals surface area contributed by atoms with E-state index in [4.69, 9.17) is 0 Å². The van der Waals surface area contributed by atoms with E-state index in [1.165, 1.54) is 12.5 Å². The lowest BCUT2D eigenvalue weighted by Crippen LogP contribution is -2.33.